The summed E-state index contributed by atoms with van der Waals surface area (Å²) in [7, 11) is 5.10. The SMILES string of the molecule is COc1ccc2c(c1OC)CN1CCc3cc4c(c(OC)c3[C@@H]1C2)OCO4. The lowest BCUT2D eigenvalue weighted by molar-refractivity contribution is 0.152. The van der Waals surface area contributed by atoms with Crippen LogP contribution in [0.4, 0.5) is 0 Å². The van der Waals surface area contributed by atoms with Crippen LogP contribution >= 0.6 is 0 Å². The summed E-state index contributed by atoms with van der Waals surface area (Å²) in [5.74, 6) is 3.97. The maximum atomic E-state index is 5.80. The summed E-state index contributed by atoms with van der Waals surface area (Å²) in [6.45, 7) is 2.07. The van der Waals surface area contributed by atoms with E-state index in [1.165, 1.54) is 22.3 Å². The Morgan fingerprint density at radius 3 is 2.63 bits per heavy atom. The van der Waals surface area contributed by atoms with Crippen LogP contribution in [0.3, 0.4) is 0 Å². The van der Waals surface area contributed by atoms with E-state index in [1.807, 2.05) is 6.07 Å². The molecule has 6 nitrogen and oxygen atoms in total. The summed E-state index contributed by atoms with van der Waals surface area (Å²) in [6.07, 6.45) is 1.86. The number of rotatable bonds is 3. The predicted molar refractivity (Wildman–Crippen MR) is 99.2 cm³/mol. The van der Waals surface area contributed by atoms with Crippen LogP contribution in [0.15, 0.2) is 18.2 Å². The lowest BCUT2D eigenvalue weighted by Crippen LogP contribution is -2.39. The minimum atomic E-state index is 0.253. The fourth-order valence-electron chi connectivity index (χ4n) is 4.68. The van der Waals surface area contributed by atoms with Crippen molar-refractivity contribution in [1.82, 2.24) is 4.90 Å². The number of hydrogen-bond donors (Lipinski definition) is 0. The number of fused-ring (bicyclic) bond motifs is 5. The monoisotopic (exact) mass is 369 g/mol. The van der Waals surface area contributed by atoms with E-state index < -0.39 is 0 Å². The van der Waals surface area contributed by atoms with Gasteiger partial charge in [-0.25, -0.2) is 0 Å². The number of hydrogen-bond acceptors (Lipinski definition) is 6. The molecule has 6 heteroatoms. The van der Waals surface area contributed by atoms with Crippen molar-refractivity contribution >= 4 is 0 Å². The first-order chi connectivity index (χ1) is 13.2. The van der Waals surface area contributed by atoms with Gasteiger partial charge in [-0.15, -0.1) is 0 Å². The van der Waals surface area contributed by atoms with Gasteiger partial charge in [-0.3, -0.25) is 4.90 Å². The second-order valence-corrected chi connectivity index (χ2v) is 7.10. The average Bonchev–Trinajstić information content (AvgIpc) is 3.17. The van der Waals surface area contributed by atoms with Gasteiger partial charge in [0, 0.05) is 30.3 Å². The van der Waals surface area contributed by atoms with Crippen LogP contribution < -0.4 is 23.7 Å². The second kappa shape index (κ2) is 6.23. The number of ether oxygens (including phenoxy) is 5. The molecule has 3 aliphatic heterocycles. The van der Waals surface area contributed by atoms with E-state index in [0.29, 0.717) is 0 Å². The Kier molecular flexibility index (Phi) is 3.82. The summed E-state index contributed by atoms with van der Waals surface area (Å²) in [6, 6.07) is 6.53. The van der Waals surface area contributed by atoms with Gasteiger partial charge < -0.3 is 23.7 Å². The first kappa shape index (κ1) is 16.6. The van der Waals surface area contributed by atoms with Gasteiger partial charge in [0.05, 0.1) is 21.3 Å². The van der Waals surface area contributed by atoms with Gasteiger partial charge in [-0.1, -0.05) is 6.07 Å². The molecule has 0 amide bonds. The third-order valence-electron chi connectivity index (χ3n) is 5.91. The largest absolute Gasteiger partial charge is 0.493 e. The highest BCUT2D eigenvalue weighted by Gasteiger charge is 2.38. The van der Waals surface area contributed by atoms with Crippen LogP contribution in [-0.4, -0.2) is 39.6 Å². The molecular formula is C21H23NO5. The fraction of sp³-hybridized carbons (Fsp3) is 0.429. The Hall–Kier alpha value is -2.60. The quantitative estimate of drug-likeness (QED) is 0.829. The molecule has 0 saturated carbocycles. The van der Waals surface area contributed by atoms with E-state index in [0.717, 1.165) is 54.7 Å². The molecule has 2 aromatic carbocycles. The Balaban J connectivity index is 1.62. The molecule has 0 spiro atoms. The van der Waals surface area contributed by atoms with E-state index in [-0.39, 0.29) is 12.8 Å². The Morgan fingerprint density at radius 2 is 1.85 bits per heavy atom. The Labute approximate surface area is 158 Å². The average molecular weight is 369 g/mol. The molecule has 0 bridgehead atoms. The Morgan fingerprint density at radius 1 is 1.00 bits per heavy atom. The van der Waals surface area contributed by atoms with Crippen LogP contribution in [0.25, 0.3) is 0 Å². The molecule has 0 aliphatic carbocycles. The number of benzene rings is 2. The topological polar surface area (TPSA) is 49.4 Å². The molecule has 0 fully saturated rings. The zero-order valence-electron chi connectivity index (χ0n) is 15.8. The number of nitrogens with zero attached hydrogens (tertiary/aromatic N) is 1. The molecule has 3 aliphatic rings. The van der Waals surface area contributed by atoms with Gasteiger partial charge in [0.15, 0.2) is 23.0 Å². The highest BCUT2D eigenvalue weighted by atomic mass is 16.7. The lowest BCUT2D eigenvalue weighted by atomic mass is 9.83. The third-order valence-corrected chi connectivity index (χ3v) is 5.91. The molecule has 27 heavy (non-hydrogen) atoms. The molecule has 0 saturated heterocycles. The fourth-order valence-corrected chi connectivity index (χ4v) is 4.68. The van der Waals surface area contributed by atoms with Crippen LogP contribution in [0.5, 0.6) is 28.7 Å². The van der Waals surface area contributed by atoms with Crippen molar-refractivity contribution in [2.24, 2.45) is 0 Å². The summed E-state index contributed by atoms with van der Waals surface area (Å²) in [5.41, 5.74) is 5.03. The summed E-state index contributed by atoms with van der Waals surface area (Å²) in [5, 5.41) is 0. The van der Waals surface area contributed by atoms with Crippen molar-refractivity contribution in [3.63, 3.8) is 0 Å². The molecule has 3 heterocycles. The van der Waals surface area contributed by atoms with Crippen molar-refractivity contribution in [2.75, 3.05) is 34.7 Å². The van der Waals surface area contributed by atoms with Crippen molar-refractivity contribution in [2.45, 2.75) is 25.4 Å². The second-order valence-electron chi connectivity index (χ2n) is 7.10. The van der Waals surface area contributed by atoms with Gasteiger partial charge in [0.1, 0.15) is 0 Å². The van der Waals surface area contributed by atoms with E-state index in [1.54, 1.807) is 21.3 Å². The minimum Gasteiger partial charge on any atom is -0.493 e. The molecule has 0 radical (unpaired) electrons. The summed E-state index contributed by atoms with van der Waals surface area (Å²) in [4.78, 5) is 2.50. The molecule has 1 atom stereocenters. The highest BCUT2D eigenvalue weighted by molar-refractivity contribution is 5.63. The normalized spacial score (nSPS) is 19.7. The third kappa shape index (κ3) is 2.36. The van der Waals surface area contributed by atoms with Crippen molar-refractivity contribution in [3.05, 3.63) is 40.5 Å². The molecular weight excluding hydrogens is 346 g/mol. The summed E-state index contributed by atoms with van der Waals surface area (Å²) < 4.78 is 28.3. The lowest BCUT2D eigenvalue weighted by Gasteiger charge is -2.42. The molecule has 0 unspecified atom stereocenters. The first-order valence-electron chi connectivity index (χ1n) is 9.21. The van der Waals surface area contributed by atoms with Crippen LogP contribution in [-0.2, 0) is 19.4 Å². The van der Waals surface area contributed by atoms with Crippen LogP contribution in [0, 0.1) is 0 Å². The zero-order valence-corrected chi connectivity index (χ0v) is 15.8. The van der Waals surface area contributed by atoms with Crippen molar-refractivity contribution in [1.29, 1.82) is 0 Å². The molecule has 5 rings (SSSR count). The molecule has 2 aromatic rings. The maximum Gasteiger partial charge on any atom is 0.231 e. The molecule has 142 valence electrons. The molecule has 0 N–H and O–H groups in total. The molecule has 0 aromatic heterocycles. The van der Waals surface area contributed by atoms with Gasteiger partial charge in [0.25, 0.3) is 0 Å². The standard InChI is InChI=1S/C21H23NO5/c1-23-16-5-4-12-8-15-18-13(6-7-22(15)10-14(12)19(16)24-2)9-17-20(21(18)25-3)27-11-26-17/h4-5,9,15H,6-8,10-11H2,1-3H3/t15-/m0/s1. The van der Waals surface area contributed by atoms with Gasteiger partial charge in [-0.05, 0) is 36.1 Å². The predicted octanol–water partition coefficient (Wildman–Crippen LogP) is 3.10. The maximum absolute atomic E-state index is 5.80. The minimum absolute atomic E-state index is 0.253. The van der Waals surface area contributed by atoms with Crippen molar-refractivity contribution < 1.29 is 23.7 Å². The smallest absolute Gasteiger partial charge is 0.231 e. The van der Waals surface area contributed by atoms with Gasteiger partial charge in [-0.2, -0.15) is 0 Å². The van der Waals surface area contributed by atoms with Gasteiger partial charge >= 0.3 is 0 Å². The van der Waals surface area contributed by atoms with E-state index >= 15 is 0 Å². The number of methoxy groups -OCH3 is 3. The zero-order chi connectivity index (χ0) is 18.5. The van der Waals surface area contributed by atoms with E-state index in [2.05, 4.69) is 17.0 Å². The van der Waals surface area contributed by atoms with E-state index in [9.17, 15) is 0 Å². The van der Waals surface area contributed by atoms with Crippen LogP contribution in [0.2, 0.25) is 0 Å². The summed E-state index contributed by atoms with van der Waals surface area (Å²) >= 11 is 0. The van der Waals surface area contributed by atoms with Crippen LogP contribution in [0.1, 0.15) is 28.3 Å². The van der Waals surface area contributed by atoms with Gasteiger partial charge in [0.2, 0.25) is 12.5 Å². The van der Waals surface area contributed by atoms with Crippen molar-refractivity contribution in [3.8, 4) is 28.7 Å². The van der Waals surface area contributed by atoms with E-state index in [4.69, 9.17) is 23.7 Å². The highest BCUT2D eigenvalue weighted by Crippen LogP contribution is 2.52. The first-order valence-corrected chi connectivity index (χ1v) is 9.21. The Bertz CT molecular complexity index is 910.